The van der Waals surface area contributed by atoms with Gasteiger partial charge in [-0.15, -0.1) is 0 Å². The van der Waals surface area contributed by atoms with Gasteiger partial charge in [0.1, 0.15) is 0 Å². The van der Waals surface area contributed by atoms with E-state index in [0.717, 1.165) is 0 Å². The van der Waals surface area contributed by atoms with E-state index in [9.17, 15) is 9.59 Å². The molecule has 20 heavy (non-hydrogen) atoms. The molecule has 116 valence electrons. The van der Waals surface area contributed by atoms with Gasteiger partial charge in [0.05, 0.1) is 13.2 Å². The SMILES string of the molecule is CCOC(=O)C(C)(CC)N=NC(C)(CC)C(=O)OCC. The van der Waals surface area contributed by atoms with Crippen LogP contribution in [0, 0.1) is 0 Å². The molecule has 0 heterocycles. The molecule has 0 aromatic rings. The van der Waals surface area contributed by atoms with E-state index in [0.29, 0.717) is 12.8 Å². The van der Waals surface area contributed by atoms with Crippen LogP contribution in [0.1, 0.15) is 54.4 Å². The van der Waals surface area contributed by atoms with E-state index < -0.39 is 23.0 Å². The molecule has 0 bridgehead atoms. The molecule has 0 aliphatic heterocycles. The third-order valence-electron chi connectivity index (χ3n) is 3.30. The van der Waals surface area contributed by atoms with Crippen LogP contribution in [0.25, 0.3) is 0 Å². The molecule has 0 aromatic heterocycles. The number of hydrogen-bond donors (Lipinski definition) is 0. The predicted octanol–water partition coefficient (Wildman–Crippen LogP) is 2.90. The van der Waals surface area contributed by atoms with E-state index in [1.54, 1.807) is 27.7 Å². The fourth-order valence-corrected chi connectivity index (χ4v) is 1.31. The van der Waals surface area contributed by atoms with Crippen molar-refractivity contribution < 1.29 is 19.1 Å². The first-order valence-corrected chi connectivity index (χ1v) is 7.08. The van der Waals surface area contributed by atoms with Gasteiger partial charge in [-0.25, -0.2) is 9.59 Å². The summed E-state index contributed by atoms with van der Waals surface area (Å²) in [5, 5.41) is 8.18. The molecule has 2 unspecified atom stereocenters. The molecule has 6 heteroatoms. The zero-order valence-corrected chi connectivity index (χ0v) is 13.4. The number of hydrogen-bond acceptors (Lipinski definition) is 6. The Balaban J connectivity index is 5.19. The molecule has 0 spiro atoms. The molecule has 0 saturated carbocycles. The highest BCUT2D eigenvalue weighted by Crippen LogP contribution is 2.24. The number of carbonyl (C=O) groups is 2. The van der Waals surface area contributed by atoms with Gasteiger partial charge in [0, 0.05) is 0 Å². The first kappa shape index (κ1) is 18.5. The van der Waals surface area contributed by atoms with Crippen LogP contribution in [0.15, 0.2) is 10.2 Å². The van der Waals surface area contributed by atoms with E-state index in [1.807, 2.05) is 13.8 Å². The van der Waals surface area contributed by atoms with Crippen LogP contribution >= 0.6 is 0 Å². The molecule has 0 N–H and O–H groups in total. The van der Waals surface area contributed by atoms with E-state index in [-0.39, 0.29) is 13.2 Å². The van der Waals surface area contributed by atoms with Crippen LogP contribution in [0.3, 0.4) is 0 Å². The van der Waals surface area contributed by atoms with E-state index in [1.165, 1.54) is 0 Å². The van der Waals surface area contributed by atoms with Gasteiger partial charge in [-0.1, -0.05) is 13.8 Å². The lowest BCUT2D eigenvalue weighted by Gasteiger charge is -2.24. The Hall–Kier alpha value is -1.46. The maximum absolute atomic E-state index is 11.9. The first-order chi connectivity index (χ1) is 9.29. The Kier molecular flexibility index (Phi) is 7.39. The summed E-state index contributed by atoms with van der Waals surface area (Å²) < 4.78 is 9.99. The fourth-order valence-electron chi connectivity index (χ4n) is 1.31. The quantitative estimate of drug-likeness (QED) is 0.507. The number of esters is 2. The molecule has 0 amide bonds. The molecule has 2 atom stereocenters. The highest BCUT2D eigenvalue weighted by molar-refractivity contribution is 5.81. The minimum atomic E-state index is -1.07. The molecule has 0 aromatic carbocycles. The summed E-state index contributed by atoms with van der Waals surface area (Å²) in [5.41, 5.74) is -2.14. The Morgan fingerprint density at radius 1 is 0.800 bits per heavy atom. The van der Waals surface area contributed by atoms with Crippen LogP contribution in [-0.4, -0.2) is 36.2 Å². The monoisotopic (exact) mass is 286 g/mol. The van der Waals surface area contributed by atoms with Crippen molar-refractivity contribution in [1.29, 1.82) is 0 Å². The van der Waals surface area contributed by atoms with Crippen LogP contribution in [0.5, 0.6) is 0 Å². The van der Waals surface area contributed by atoms with Gasteiger partial charge in [0.25, 0.3) is 0 Å². The van der Waals surface area contributed by atoms with Crippen molar-refractivity contribution in [2.75, 3.05) is 13.2 Å². The minimum absolute atomic E-state index is 0.285. The topological polar surface area (TPSA) is 77.3 Å². The summed E-state index contributed by atoms with van der Waals surface area (Å²) in [6.07, 6.45) is 0.885. The van der Waals surface area contributed by atoms with Gasteiger partial charge in [-0.2, -0.15) is 10.2 Å². The van der Waals surface area contributed by atoms with Gasteiger partial charge in [0.15, 0.2) is 11.1 Å². The lowest BCUT2D eigenvalue weighted by molar-refractivity contribution is -0.151. The van der Waals surface area contributed by atoms with Crippen molar-refractivity contribution in [3.63, 3.8) is 0 Å². The summed E-state index contributed by atoms with van der Waals surface area (Å²) in [6, 6.07) is 0. The maximum atomic E-state index is 11.9. The summed E-state index contributed by atoms with van der Waals surface area (Å²) >= 11 is 0. The van der Waals surface area contributed by atoms with Crippen molar-refractivity contribution in [1.82, 2.24) is 0 Å². The second-order valence-corrected chi connectivity index (χ2v) is 4.90. The third kappa shape index (κ3) is 4.58. The normalized spacial score (nSPS) is 17.3. The van der Waals surface area contributed by atoms with Crippen molar-refractivity contribution >= 4 is 11.9 Å². The Labute approximate surface area is 120 Å². The van der Waals surface area contributed by atoms with E-state index >= 15 is 0 Å². The first-order valence-electron chi connectivity index (χ1n) is 7.08. The Morgan fingerprint density at radius 3 is 1.30 bits per heavy atom. The molecule has 0 radical (unpaired) electrons. The molecule has 0 aliphatic rings. The highest BCUT2D eigenvalue weighted by atomic mass is 16.5. The Bertz CT molecular complexity index is 336. The fraction of sp³-hybridized carbons (Fsp3) is 0.857. The second kappa shape index (κ2) is 7.97. The number of ether oxygens (including phenoxy) is 2. The standard InChI is InChI=1S/C14H26N2O4/c1-7-13(5,11(17)19-9-3)15-16-14(6,8-2)12(18)20-10-4/h7-10H2,1-6H3. The lowest BCUT2D eigenvalue weighted by Crippen LogP contribution is -2.38. The minimum Gasteiger partial charge on any atom is -0.464 e. The molecule has 0 fully saturated rings. The van der Waals surface area contributed by atoms with Gasteiger partial charge in [-0.3, -0.25) is 0 Å². The second-order valence-electron chi connectivity index (χ2n) is 4.90. The maximum Gasteiger partial charge on any atom is 0.335 e. The van der Waals surface area contributed by atoms with Crippen LogP contribution in [0.4, 0.5) is 0 Å². The number of nitrogens with zero attached hydrogens (tertiary/aromatic N) is 2. The summed E-state index contributed by atoms with van der Waals surface area (Å²) in [4.78, 5) is 23.8. The van der Waals surface area contributed by atoms with E-state index in [4.69, 9.17) is 9.47 Å². The van der Waals surface area contributed by atoms with Gasteiger partial charge >= 0.3 is 11.9 Å². The highest BCUT2D eigenvalue weighted by Gasteiger charge is 2.37. The number of rotatable bonds is 8. The zero-order valence-electron chi connectivity index (χ0n) is 13.4. The van der Waals surface area contributed by atoms with Crippen LogP contribution in [0.2, 0.25) is 0 Å². The summed E-state index contributed by atoms with van der Waals surface area (Å²) in [5.74, 6) is -0.873. The average Bonchev–Trinajstić information content (AvgIpc) is 2.44. The largest absolute Gasteiger partial charge is 0.464 e. The number of carbonyl (C=O) groups excluding carboxylic acids is 2. The van der Waals surface area contributed by atoms with Crippen molar-refractivity contribution in [3.8, 4) is 0 Å². The molecule has 0 saturated heterocycles. The van der Waals surface area contributed by atoms with Crippen molar-refractivity contribution in [2.45, 2.75) is 65.5 Å². The van der Waals surface area contributed by atoms with Crippen LogP contribution in [-0.2, 0) is 19.1 Å². The lowest BCUT2D eigenvalue weighted by atomic mass is 9.99. The van der Waals surface area contributed by atoms with Gasteiger partial charge in [0.2, 0.25) is 0 Å². The number of azo groups is 1. The van der Waals surface area contributed by atoms with Gasteiger partial charge < -0.3 is 9.47 Å². The van der Waals surface area contributed by atoms with E-state index in [2.05, 4.69) is 10.2 Å². The smallest absolute Gasteiger partial charge is 0.335 e. The summed E-state index contributed by atoms with van der Waals surface area (Å²) in [7, 11) is 0. The van der Waals surface area contributed by atoms with Crippen molar-refractivity contribution in [3.05, 3.63) is 0 Å². The molecular formula is C14H26N2O4. The average molecular weight is 286 g/mol. The van der Waals surface area contributed by atoms with Crippen LogP contribution < -0.4 is 0 Å². The molecule has 6 nitrogen and oxygen atoms in total. The zero-order chi connectivity index (χ0) is 15.8. The predicted molar refractivity (Wildman–Crippen MR) is 75.5 cm³/mol. The molecule has 0 rings (SSSR count). The van der Waals surface area contributed by atoms with Crippen molar-refractivity contribution in [2.24, 2.45) is 10.2 Å². The Morgan fingerprint density at radius 2 is 1.10 bits per heavy atom. The molecule has 0 aliphatic carbocycles. The third-order valence-corrected chi connectivity index (χ3v) is 3.30. The summed E-state index contributed by atoms with van der Waals surface area (Å²) in [6.45, 7) is 11.0. The molecular weight excluding hydrogens is 260 g/mol. The van der Waals surface area contributed by atoms with Gasteiger partial charge in [-0.05, 0) is 40.5 Å².